The summed E-state index contributed by atoms with van der Waals surface area (Å²) in [6.45, 7) is 3.19. The Morgan fingerprint density at radius 3 is 2.46 bits per heavy atom. The number of alkyl carbamates (subject to hydrolysis) is 1. The molecule has 1 atom stereocenters. The van der Waals surface area contributed by atoms with Crippen molar-refractivity contribution in [2.45, 2.75) is 25.8 Å². The number of piperidine rings is 1. The lowest BCUT2D eigenvalue weighted by Crippen LogP contribution is -2.49. The number of hydrogen-bond acceptors (Lipinski definition) is 5. The predicted octanol–water partition coefficient (Wildman–Crippen LogP) is 2.05. The van der Waals surface area contributed by atoms with E-state index < -0.39 is 6.09 Å². The largest absolute Gasteiger partial charge is 0.497 e. The Morgan fingerprint density at radius 1 is 1.21 bits per heavy atom. The van der Waals surface area contributed by atoms with Gasteiger partial charge in [-0.2, -0.15) is 0 Å². The topological polar surface area (TPSA) is 77.1 Å². The molecule has 1 fully saturated rings. The normalized spacial score (nSPS) is 17.1. The highest BCUT2D eigenvalue weighted by atomic mass is 16.5. The highest BCUT2D eigenvalue weighted by Gasteiger charge is 2.26. The monoisotopic (exact) mass is 336 g/mol. The molecule has 7 nitrogen and oxygen atoms in total. The molecular weight excluding hydrogens is 312 g/mol. The van der Waals surface area contributed by atoms with Crippen LogP contribution in [0.5, 0.6) is 11.5 Å². The van der Waals surface area contributed by atoms with Crippen LogP contribution in [0.3, 0.4) is 0 Å². The highest BCUT2D eigenvalue weighted by molar-refractivity contribution is 5.95. The molecule has 2 amide bonds. The van der Waals surface area contributed by atoms with Crippen LogP contribution in [-0.2, 0) is 4.74 Å². The zero-order valence-electron chi connectivity index (χ0n) is 14.3. The van der Waals surface area contributed by atoms with E-state index in [1.807, 2.05) is 0 Å². The van der Waals surface area contributed by atoms with Gasteiger partial charge in [0.1, 0.15) is 11.5 Å². The second kappa shape index (κ2) is 8.42. The van der Waals surface area contributed by atoms with Gasteiger partial charge in [0, 0.05) is 30.8 Å². The summed E-state index contributed by atoms with van der Waals surface area (Å²) in [6.07, 6.45) is 1.20. The van der Waals surface area contributed by atoms with Crippen molar-refractivity contribution in [1.82, 2.24) is 10.2 Å². The molecule has 1 aliphatic heterocycles. The van der Waals surface area contributed by atoms with Crippen LogP contribution < -0.4 is 14.8 Å². The van der Waals surface area contributed by atoms with Gasteiger partial charge in [0.05, 0.1) is 20.8 Å². The number of carbonyl (C=O) groups excluding carboxylic acids is 2. The first kappa shape index (κ1) is 17.9. The Balaban J connectivity index is 2.07. The van der Waals surface area contributed by atoms with Crippen LogP contribution >= 0.6 is 0 Å². The fourth-order valence-electron chi connectivity index (χ4n) is 2.73. The van der Waals surface area contributed by atoms with Gasteiger partial charge >= 0.3 is 6.09 Å². The lowest BCUT2D eigenvalue weighted by molar-refractivity contribution is 0.0685. The van der Waals surface area contributed by atoms with E-state index in [0.29, 0.717) is 36.8 Å². The van der Waals surface area contributed by atoms with Crippen molar-refractivity contribution in [3.8, 4) is 11.5 Å². The van der Waals surface area contributed by atoms with E-state index in [1.165, 1.54) is 0 Å². The first-order valence-corrected chi connectivity index (χ1v) is 8.03. The number of nitrogens with one attached hydrogen (secondary N) is 1. The van der Waals surface area contributed by atoms with Crippen molar-refractivity contribution < 1.29 is 23.8 Å². The average Bonchev–Trinajstić information content (AvgIpc) is 2.60. The molecule has 0 unspecified atom stereocenters. The van der Waals surface area contributed by atoms with Crippen LogP contribution in [0, 0.1) is 0 Å². The molecular formula is C17H24N2O5. The van der Waals surface area contributed by atoms with E-state index in [-0.39, 0.29) is 11.9 Å². The number of ether oxygens (including phenoxy) is 3. The maximum absolute atomic E-state index is 12.8. The van der Waals surface area contributed by atoms with Crippen molar-refractivity contribution in [1.29, 1.82) is 0 Å². The second-order valence-electron chi connectivity index (χ2n) is 5.56. The summed E-state index contributed by atoms with van der Waals surface area (Å²) in [5.74, 6) is 1.02. The quantitative estimate of drug-likeness (QED) is 0.890. The molecule has 2 rings (SSSR count). The number of hydrogen-bond donors (Lipinski definition) is 1. The van der Waals surface area contributed by atoms with E-state index >= 15 is 0 Å². The first-order chi connectivity index (χ1) is 11.6. The molecule has 1 aromatic carbocycles. The lowest BCUT2D eigenvalue weighted by Gasteiger charge is -2.33. The van der Waals surface area contributed by atoms with E-state index in [9.17, 15) is 9.59 Å². The molecule has 1 aliphatic rings. The summed E-state index contributed by atoms with van der Waals surface area (Å²) in [5.41, 5.74) is 0.503. The maximum Gasteiger partial charge on any atom is 0.407 e. The van der Waals surface area contributed by atoms with Gasteiger partial charge in [-0.3, -0.25) is 4.79 Å². The van der Waals surface area contributed by atoms with E-state index in [4.69, 9.17) is 14.2 Å². The lowest BCUT2D eigenvalue weighted by atomic mass is 10.0. The molecule has 24 heavy (non-hydrogen) atoms. The summed E-state index contributed by atoms with van der Waals surface area (Å²) >= 11 is 0. The van der Waals surface area contributed by atoms with E-state index in [2.05, 4.69) is 5.32 Å². The van der Waals surface area contributed by atoms with E-state index in [1.54, 1.807) is 44.2 Å². The summed E-state index contributed by atoms with van der Waals surface area (Å²) in [5, 5.41) is 2.80. The highest BCUT2D eigenvalue weighted by Crippen LogP contribution is 2.24. The molecule has 1 saturated heterocycles. The minimum Gasteiger partial charge on any atom is -0.497 e. The fourth-order valence-corrected chi connectivity index (χ4v) is 2.73. The van der Waals surface area contributed by atoms with Gasteiger partial charge in [-0.15, -0.1) is 0 Å². The Labute approximate surface area is 141 Å². The standard InChI is InChI=1S/C17H24N2O5/c1-4-24-17(21)18-13-6-5-7-19(11-13)16(20)12-8-14(22-2)10-15(9-12)23-3/h8-10,13H,4-7,11H2,1-3H3,(H,18,21)/t13-/m1/s1. The van der Waals surface area contributed by atoms with Gasteiger partial charge in [-0.25, -0.2) is 4.79 Å². The van der Waals surface area contributed by atoms with Gasteiger partial charge in [0.15, 0.2) is 0 Å². The summed E-state index contributed by atoms with van der Waals surface area (Å²) in [6, 6.07) is 4.99. The third-order valence-corrected chi connectivity index (χ3v) is 3.90. The minimum atomic E-state index is -0.445. The summed E-state index contributed by atoms with van der Waals surface area (Å²) < 4.78 is 15.3. The van der Waals surface area contributed by atoms with Crippen molar-refractivity contribution in [2.75, 3.05) is 33.9 Å². The predicted molar refractivity (Wildman–Crippen MR) is 88.6 cm³/mol. The van der Waals surface area contributed by atoms with Gasteiger partial charge in [0.25, 0.3) is 5.91 Å². The smallest absolute Gasteiger partial charge is 0.407 e. The molecule has 0 saturated carbocycles. The number of likely N-dealkylation sites (tertiary alicyclic amines) is 1. The Hall–Kier alpha value is -2.44. The molecule has 0 bridgehead atoms. The van der Waals surface area contributed by atoms with Crippen LogP contribution in [0.25, 0.3) is 0 Å². The van der Waals surface area contributed by atoms with Crippen molar-refractivity contribution in [3.05, 3.63) is 23.8 Å². The molecule has 0 radical (unpaired) electrons. The maximum atomic E-state index is 12.8. The second-order valence-corrected chi connectivity index (χ2v) is 5.56. The molecule has 7 heteroatoms. The first-order valence-electron chi connectivity index (χ1n) is 8.03. The van der Waals surface area contributed by atoms with Crippen molar-refractivity contribution in [3.63, 3.8) is 0 Å². The fraction of sp³-hybridized carbons (Fsp3) is 0.529. The molecule has 132 valence electrons. The van der Waals surface area contributed by atoms with Gasteiger partial charge in [0.2, 0.25) is 0 Å². The number of rotatable bonds is 5. The third-order valence-electron chi connectivity index (χ3n) is 3.90. The SMILES string of the molecule is CCOC(=O)N[C@@H]1CCCN(C(=O)c2cc(OC)cc(OC)c2)C1. The van der Waals surface area contributed by atoms with Crippen LogP contribution in [0.1, 0.15) is 30.1 Å². The summed E-state index contributed by atoms with van der Waals surface area (Å²) in [4.78, 5) is 26.0. The Morgan fingerprint density at radius 2 is 1.88 bits per heavy atom. The van der Waals surface area contributed by atoms with Crippen LogP contribution in [0.4, 0.5) is 4.79 Å². The van der Waals surface area contributed by atoms with Gasteiger partial charge < -0.3 is 24.4 Å². The van der Waals surface area contributed by atoms with Crippen LogP contribution in [0.2, 0.25) is 0 Å². The zero-order chi connectivity index (χ0) is 17.5. The number of benzene rings is 1. The van der Waals surface area contributed by atoms with Crippen molar-refractivity contribution >= 4 is 12.0 Å². The average molecular weight is 336 g/mol. The molecule has 0 aromatic heterocycles. The van der Waals surface area contributed by atoms with Crippen molar-refractivity contribution in [2.24, 2.45) is 0 Å². The molecule has 0 aliphatic carbocycles. The van der Waals surface area contributed by atoms with E-state index in [0.717, 1.165) is 12.8 Å². The number of methoxy groups -OCH3 is 2. The summed E-state index contributed by atoms with van der Waals surface area (Å²) in [7, 11) is 3.09. The molecule has 1 N–H and O–H groups in total. The Kier molecular flexibility index (Phi) is 6.28. The third kappa shape index (κ3) is 4.53. The number of carbonyl (C=O) groups is 2. The zero-order valence-corrected chi connectivity index (χ0v) is 14.3. The number of amides is 2. The van der Waals surface area contributed by atoms with Gasteiger partial charge in [-0.1, -0.05) is 0 Å². The Bertz CT molecular complexity index is 568. The number of nitrogens with zero attached hydrogens (tertiary/aromatic N) is 1. The molecule has 1 heterocycles. The van der Waals surface area contributed by atoms with Gasteiger partial charge in [-0.05, 0) is 31.9 Å². The van der Waals surface area contributed by atoms with Crippen LogP contribution in [-0.4, -0.2) is 56.9 Å². The van der Waals surface area contributed by atoms with Crippen LogP contribution in [0.15, 0.2) is 18.2 Å². The minimum absolute atomic E-state index is 0.103. The molecule has 1 aromatic rings. The molecule has 0 spiro atoms.